The van der Waals surface area contributed by atoms with E-state index in [4.69, 9.17) is 0 Å². The zero-order valence-electron chi connectivity index (χ0n) is 13.0. The molecule has 1 heterocycles. The highest BCUT2D eigenvalue weighted by Gasteiger charge is 2.37. The monoisotopic (exact) mass is 332 g/mol. The van der Waals surface area contributed by atoms with E-state index in [-0.39, 0.29) is 10.8 Å². The van der Waals surface area contributed by atoms with Crippen LogP contribution >= 0.6 is 0 Å². The van der Waals surface area contributed by atoms with Crippen molar-refractivity contribution in [2.75, 3.05) is 13.6 Å². The lowest BCUT2D eigenvalue weighted by Crippen LogP contribution is -2.51. The van der Waals surface area contributed by atoms with Crippen LogP contribution in [0.2, 0.25) is 0 Å². The Labute approximate surface area is 136 Å². The van der Waals surface area contributed by atoms with E-state index in [0.29, 0.717) is 18.4 Å². The summed E-state index contributed by atoms with van der Waals surface area (Å²) in [7, 11) is -2.18. The number of amides is 1. The standard InChI is InChI=1S/C17H20N2O3S/c1-18-17(20)15-10-4-5-12-19(15)23(21,22)16-11-6-8-13-7-2-3-9-14(13)16/h2-3,6-9,11,15H,4-5,10,12H2,1H3,(H,18,20). The van der Waals surface area contributed by atoms with Crippen LogP contribution in [0, 0.1) is 0 Å². The molecule has 1 amide bonds. The van der Waals surface area contributed by atoms with Crippen LogP contribution in [0.1, 0.15) is 19.3 Å². The molecular formula is C17H20N2O3S. The Bertz CT molecular complexity index is 827. The Balaban J connectivity index is 2.10. The van der Waals surface area contributed by atoms with E-state index in [1.807, 2.05) is 24.3 Å². The van der Waals surface area contributed by atoms with Crippen LogP contribution in [-0.2, 0) is 14.8 Å². The van der Waals surface area contributed by atoms with Crippen molar-refractivity contribution in [1.82, 2.24) is 9.62 Å². The number of rotatable bonds is 3. The molecule has 1 atom stereocenters. The smallest absolute Gasteiger partial charge is 0.244 e. The predicted molar refractivity (Wildman–Crippen MR) is 89.5 cm³/mol. The van der Waals surface area contributed by atoms with Gasteiger partial charge in [0.05, 0.1) is 4.90 Å². The molecule has 1 aliphatic heterocycles. The number of likely N-dealkylation sites (N-methyl/N-ethyl adjacent to an activating group) is 1. The molecule has 2 aromatic carbocycles. The van der Waals surface area contributed by atoms with Crippen LogP contribution in [0.5, 0.6) is 0 Å². The van der Waals surface area contributed by atoms with Gasteiger partial charge in [0, 0.05) is 19.0 Å². The summed E-state index contributed by atoms with van der Waals surface area (Å²) in [5.41, 5.74) is 0. The van der Waals surface area contributed by atoms with E-state index < -0.39 is 16.1 Å². The van der Waals surface area contributed by atoms with Gasteiger partial charge in [0.2, 0.25) is 15.9 Å². The number of nitrogens with one attached hydrogen (secondary N) is 1. The van der Waals surface area contributed by atoms with E-state index in [2.05, 4.69) is 5.32 Å². The van der Waals surface area contributed by atoms with Crippen LogP contribution in [0.4, 0.5) is 0 Å². The lowest BCUT2D eigenvalue weighted by Gasteiger charge is -2.33. The van der Waals surface area contributed by atoms with Gasteiger partial charge in [-0.3, -0.25) is 4.79 Å². The van der Waals surface area contributed by atoms with Crippen molar-refractivity contribution in [1.29, 1.82) is 0 Å². The minimum absolute atomic E-state index is 0.242. The van der Waals surface area contributed by atoms with Crippen LogP contribution in [-0.4, -0.2) is 38.3 Å². The zero-order chi connectivity index (χ0) is 16.4. The maximum atomic E-state index is 13.2. The number of carbonyl (C=O) groups is 1. The number of piperidine rings is 1. The second kappa shape index (κ2) is 6.29. The van der Waals surface area contributed by atoms with Gasteiger partial charge in [-0.1, -0.05) is 42.8 Å². The van der Waals surface area contributed by atoms with Gasteiger partial charge in [-0.25, -0.2) is 8.42 Å². The maximum Gasteiger partial charge on any atom is 0.244 e. The Kier molecular flexibility index (Phi) is 4.37. The molecule has 1 N–H and O–H groups in total. The second-order valence-corrected chi connectivity index (χ2v) is 7.58. The van der Waals surface area contributed by atoms with Gasteiger partial charge in [0.15, 0.2) is 0 Å². The fourth-order valence-corrected chi connectivity index (χ4v) is 5.04. The van der Waals surface area contributed by atoms with Crippen LogP contribution < -0.4 is 5.32 Å². The van der Waals surface area contributed by atoms with E-state index >= 15 is 0 Å². The van der Waals surface area contributed by atoms with Gasteiger partial charge in [0.1, 0.15) is 6.04 Å². The molecule has 23 heavy (non-hydrogen) atoms. The van der Waals surface area contributed by atoms with Crippen molar-refractivity contribution in [3.8, 4) is 0 Å². The van der Waals surface area contributed by atoms with Gasteiger partial charge in [-0.05, 0) is 24.3 Å². The quantitative estimate of drug-likeness (QED) is 0.936. The SMILES string of the molecule is CNC(=O)C1CCCCN1S(=O)(=O)c1cccc2ccccc12. The van der Waals surface area contributed by atoms with Crippen LogP contribution in [0.3, 0.4) is 0 Å². The summed E-state index contributed by atoms with van der Waals surface area (Å²) >= 11 is 0. The third-order valence-electron chi connectivity index (χ3n) is 4.34. The maximum absolute atomic E-state index is 13.2. The molecular weight excluding hydrogens is 312 g/mol. The van der Waals surface area contributed by atoms with Crippen LogP contribution in [0.15, 0.2) is 47.4 Å². The Morgan fingerprint density at radius 1 is 1.13 bits per heavy atom. The molecule has 122 valence electrons. The van der Waals surface area contributed by atoms with Crippen molar-refractivity contribution in [2.24, 2.45) is 0 Å². The minimum Gasteiger partial charge on any atom is -0.358 e. The number of carbonyl (C=O) groups excluding carboxylic acids is 1. The van der Waals surface area contributed by atoms with Crippen molar-refractivity contribution in [3.63, 3.8) is 0 Å². The summed E-state index contributed by atoms with van der Waals surface area (Å²) in [6.45, 7) is 0.379. The fraction of sp³-hybridized carbons (Fsp3) is 0.353. The van der Waals surface area contributed by atoms with E-state index in [1.165, 1.54) is 4.31 Å². The number of sulfonamides is 1. The lowest BCUT2D eigenvalue weighted by molar-refractivity contribution is -0.125. The Morgan fingerprint density at radius 2 is 1.87 bits per heavy atom. The average Bonchev–Trinajstić information content (AvgIpc) is 2.60. The van der Waals surface area contributed by atoms with Crippen molar-refractivity contribution >= 4 is 26.7 Å². The predicted octanol–water partition coefficient (Wildman–Crippen LogP) is 2.13. The molecule has 0 bridgehead atoms. The van der Waals surface area contributed by atoms with Crippen molar-refractivity contribution in [3.05, 3.63) is 42.5 Å². The van der Waals surface area contributed by atoms with Crippen molar-refractivity contribution < 1.29 is 13.2 Å². The zero-order valence-corrected chi connectivity index (χ0v) is 13.8. The molecule has 1 saturated heterocycles. The molecule has 0 aliphatic carbocycles. The Morgan fingerprint density at radius 3 is 2.65 bits per heavy atom. The van der Waals surface area contributed by atoms with Gasteiger partial charge in [0.25, 0.3) is 0 Å². The topological polar surface area (TPSA) is 66.5 Å². The molecule has 5 nitrogen and oxygen atoms in total. The van der Waals surface area contributed by atoms with Crippen LogP contribution in [0.25, 0.3) is 10.8 Å². The second-order valence-electron chi connectivity index (χ2n) is 5.72. The highest BCUT2D eigenvalue weighted by atomic mass is 32.2. The first-order chi connectivity index (χ1) is 11.1. The van der Waals surface area contributed by atoms with Gasteiger partial charge in [-0.2, -0.15) is 4.31 Å². The summed E-state index contributed by atoms with van der Waals surface area (Å²) in [5.74, 6) is -0.242. The number of hydrogen-bond donors (Lipinski definition) is 1. The molecule has 0 saturated carbocycles. The summed E-state index contributed by atoms with van der Waals surface area (Å²) in [6, 6.07) is 12.0. The lowest BCUT2D eigenvalue weighted by atomic mass is 10.0. The first kappa shape index (κ1) is 16.0. The molecule has 2 aromatic rings. The van der Waals surface area contributed by atoms with E-state index in [9.17, 15) is 13.2 Å². The number of fused-ring (bicyclic) bond motifs is 1. The van der Waals surface area contributed by atoms with Crippen molar-refractivity contribution in [2.45, 2.75) is 30.2 Å². The first-order valence-electron chi connectivity index (χ1n) is 7.77. The largest absolute Gasteiger partial charge is 0.358 e. The fourth-order valence-electron chi connectivity index (χ4n) is 3.17. The third kappa shape index (κ3) is 2.84. The average molecular weight is 332 g/mol. The Hall–Kier alpha value is -1.92. The normalized spacial score (nSPS) is 19.6. The molecule has 1 unspecified atom stereocenters. The minimum atomic E-state index is -3.72. The van der Waals surface area contributed by atoms with Gasteiger partial charge in [-0.15, -0.1) is 0 Å². The van der Waals surface area contributed by atoms with E-state index in [1.54, 1.807) is 25.2 Å². The number of nitrogens with zero attached hydrogens (tertiary/aromatic N) is 1. The molecule has 0 radical (unpaired) electrons. The highest BCUT2D eigenvalue weighted by Crippen LogP contribution is 2.30. The van der Waals surface area contributed by atoms with E-state index in [0.717, 1.165) is 18.2 Å². The molecule has 3 rings (SSSR count). The number of hydrogen-bond acceptors (Lipinski definition) is 3. The molecule has 1 aliphatic rings. The summed E-state index contributed by atoms with van der Waals surface area (Å²) in [4.78, 5) is 12.4. The molecule has 6 heteroatoms. The first-order valence-corrected chi connectivity index (χ1v) is 9.21. The highest BCUT2D eigenvalue weighted by molar-refractivity contribution is 7.89. The summed E-state index contributed by atoms with van der Waals surface area (Å²) in [5, 5.41) is 4.15. The van der Waals surface area contributed by atoms with Gasteiger partial charge >= 0.3 is 0 Å². The third-order valence-corrected chi connectivity index (χ3v) is 6.31. The summed E-state index contributed by atoms with van der Waals surface area (Å²) < 4.78 is 27.7. The van der Waals surface area contributed by atoms with Gasteiger partial charge < -0.3 is 5.32 Å². The number of benzene rings is 2. The molecule has 0 aromatic heterocycles. The molecule has 0 spiro atoms. The molecule has 1 fully saturated rings. The summed E-state index contributed by atoms with van der Waals surface area (Å²) in [6.07, 6.45) is 2.20.